The molecule has 0 saturated heterocycles. The Morgan fingerprint density at radius 2 is 1.89 bits per heavy atom. The molecule has 0 aliphatic carbocycles. The van der Waals surface area contributed by atoms with Crippen LogP contribution in [0.2, 0.25) is 0 Å². The Labute approximate surface area is 116 Å². The molecule has 0 radical (unpaired) electrons. The SMILES string of the molecule is CC(CCN)CCC(=O)c1ccccc1OC(C)C. The Kier molecular flexibility index (Phi) is 6.57. The monoisotopic (exact) mass is 263 g/mol. The number of hydrogen-bond acceptors (Lipinski definition) is 3. The minimum absolute atomic E-state index is 0.0742. The lowest BCUT2D eigenvalue weighted by molar-refractivity contribution is 0.0968. The van der Waals surface area contributed by atoms with Gasteiger partial charge in [-0.1, -0.05) is 19.1 Å². The molecule has 0 amide bonds. The quantitative estimate of drug-likeness (QED) is 0.731. The highest BCUT2D eigenvalue weighted by molar-refractivity contribution is 5.98. The highest BCUT2D eigenvalue weighted by atomic mass is 16.5. The zero-order valence-corrected chi connectivity index (χ0v) is 12.2. The summed E-state index contributed by atoms with van der Waals surface area (Å²) in [6.07, 6.45) is 2.48. The van der Waals surface area contributed by atoms with Crippen LogP contribution >= 0.6 is 0 Å². The zero-order chi connectivity index (χ0) is 14.3. The number of benzene rings is 1. The van der Waals surface area contributed by atoms with E-state index in [1.165, 1.54) is 0 Å². The lowest BCUT2D eigenvalue weighted by Crippen LogP contribution is -2.11. The lowest BCUT2D eigenvalue weighted by atomic mass is 9.97. The van der Waals surface area contributed by atoms with E-state index >= 15 is 0 Å². The van der Waals surface area contributed by atoms with Crippen molar-refractivity contribution in [2.75, 3.05) is 6.54 Å². The van der Waals surface area contributed by atoms with Gasteiger partial charge in [0.05, 0.1) is 11.7 Å². The average Bonchev–Trinajstić information content (AvgIpc) is 2.36. The summed E-state index contributed by atoms with van der Waals surface area (Å²) in [5.74, 6) is 1.33. The fourth-order valence-electron chi connectivity index (χ4n) is 1.99. The number of ether oxygens (including phenoxy) is 1. The van der Waals surface area contributed by atoms with Gasteiger partial charge in [-0.3, -0.25) is 4.79 Å². The Hall–Kier alpha value is -1.35. The molecule has 0 bridgehead atoms. The first-order valence-corrected chi connectivity index (χ1v) is 7.03. The molecule has 1 aromatic carbocycles. The van der Waals surface area contributed by atoms with Crippen molar-refractivity contribution in [3.05, 3.63) is 29.8 Å². The first-order chi connectivity index (χ1) is 9.04. The van der Waals surface area contributed by atoms with Crippen LogP contribution in [0.5, 0.6) is 5.75 Å². The molecular formula is C16H25NO2. The minimum atomic E-state index is 0.0742. The topological polar surface area (TPSA) is 52.3 Å². The Balaban J connectivity index is 2.66. The van der Waals surface area contributed by atoms with Crippen molar-refractivity contribution < 1.29 is 9.53 Å². The highest BCUT2D eigenvalue weighted by Crippen LogP contribution is 2.22. The third-order valence-electron chi connectivity index (χ3n) is 3.07. The van der Waals surface area contributed by atoms with Gasteiger partial charge in [-0.2, -0.15) is 0 Å². The van der Waals surface area contributed by atoms with E-state index in [2.05, 4.69) is 6.92 Å². The molecule has 1 unspecified atom stereocenters. The molecule has 19 heavy (non-hydrogen) atoms. The van der Waals surface area contributed by atoms with Crippen molar-refractivity contribution in [1.29, 1.82) is 0 Å². The van der Waals surface area contributed by atoms with Crippen molar-refractivity contribution in [3.8, 4) is 5.75 Å². The first-order valence-electron chi connectivity index (χ1n) is 7.03. The van der Waals surface area contributed by atoms with Gasteiger partial charge < -0.3 is 10.5 Å². The summed E-state index contributed by atoms with van der Waals surface area (Å²) in [5, 5.41) is 0. The van der Waals surface area contributed by atoms with Gasteiger partial charge in [-0.05, 0) is 51.3 Å². The Bertz CT molecular complexity index is 401. The number of hydrogen-bond donors (Lipinski definition) is 1. The van der Waals surface area contributed by atoms with Crippen molar-refractivity contribution in [2.24, 2.45) is 11.7 Å². The van der Waals surface area contributed by atoms with Gasteiger partial charge in [-0.15, -0.1) is 0 Å². The number of para-hydroxylation sites is 1. The molecule has 1 rings (SSSR count). The van der Waals surface area contributed by atoms with Crippen LogP contribution in [0.25, 0.3) is 0 Å². The summed E-state index contributed by atoms with van der Waals surface area (Å²) in [7, 11) is 0. The molecule has 0 heterocycles. The molecule has 3 nitrogen and oxygen atoms in total. The predicted octanol–water partition coefficient (Wildman–Crippen LogP) is 3.42. The predicted molar refractivity (Wildman–Crippen MR) is 78.6 cm³/mol. The van der Waals surface area contributed by atoms with Crippen LogP contribution in [0, 0.1) is 5.92 Å². The van der Waals surface area contributed by atoms with E-state index in [-0.39, 0.29) is 11.9 Å². The number of carbonyl (C=O) groups is 1. The zero-order valence-electron chi connectivity index (χ0n) is 12.2. The molecule has 0 spiro atoms. The molecule has 0 fully saturated rings. The van der Waals surface area contributed by atoms with Crippen LogP contribution in [0.3, 0.4) is 0 Å². The van der Waals surface area contributed by atoms with Crippen LogP contribution in [0.4, 0.5) is 0 Å². The molecule has 1 aromatic rings. The van der Waals surface area contributed by atoms with E-state index in [0.29, 0.717) is 30.2 Å². The van der Waals surface area contributed by atoms with E-state index in [9.17, 15) is 4.79 Å². The number of ketones is 1. The van der Waals surface area contributed by atoms with Gasteiger partial charge in [-0.25, -0.2) is 0 Å². The highest BCUT2D eigenvalue weighted by Gasteiger charge is 2.14. The summed E-state index contributed by atoms with van der Waals surface area (Å²) in [5.41, 5.74) is 6.21. The van der Waals surface area contributed by atoms with Gasteiger partial charge >= 0.3 is 0 Å². The largest absolute Gasteiger partial charge is 0.490 e. The van der Waals surface area contributed by atoms with Gasteiger partial charge in [0.2, 0.25) is 0 Å². The number of carbonyl (C=O) groups excluding carboxylic acids is 1. The van der Waals surface area contributed by atoms with Crippen LogP contribution in [-0.4, -0.2) is 18.4 Å². The molecule has 0 aliphatic rings. The van der Waals surface area contributed by atoms with Crippen LogP contribution in [0.15, 0.2) is 24.3 Å². The van der Waals surface area contributed by atoms with Crippen molar-refractivity contribution >= 4 is 5.78 Å². The third kappa shape index (κ3) is 5.43. The van der Waals surface area contributed by atoms with E-state index in [0.717, 1.165) is 12.8 Å². The second-order valence-corrected chi connectivity index (χ2v) is 5.31. The fraction of sp³-hybridized carbons (Fsp3) is 0.562. The lowest BCUT2D eigenvalue weighted by Gasteiger charge is -2.14. The van der Waals surface area contributed by atoms with Gasteiger partial charge in [0.1, 0.15) is 5.75 Å². The number of rotatable bonds is 8. The summed E-state index contributed by atoms with van der Waals surface area (Å²) >= 11 is 0. The maximum absolute atomic E-state index is 12.2. The summed E-state index contributed by atoms with van der Waals surface area (Å²) in [6.45, 7) is 6.74. The molecule has 0 aromatic heterocycles. The fourth-order valence-corrected chi connectivity index (χ4v) is 1.99. The normalized spacial score (nSPS) is 12.5. The molecule has 1 atom stereocenters. The van der Waals surface area contributed by atoms with Crippen LogP contribution in [0.1, 0.15) is 50.4 Å². The molecule has 0 aliphatic heterocycles. The standard InChI is InChI=1S/C16H25NO2/c1-12(2)19-16-7-5-4-6-14(16)15(18)9-8-13(3)10-11-17/h4-7,12-13H,8-11,17H2,1-3H3. The van der Waals surface area contributed by atoms with E-state index in [1.807, 2.05) is 38.1 Å². The van der Waals surface area contributed by atoms with Crippen LogP contribution < -0.4 is 10.5 Å². The third-order valence-corrected chi connectivity index (χ3v) is 3.07. The van der Waals surface area contributed by atoms with E-state index < -0.39 is 0 Å². The smallest absolute Gasteiger partial charge is 0.166 e. The summed E-state index contributed by atoms with van der Waals surface area (Å²) in [4.78, 5) is 12.2. The summed E-state index contributed by atoms with van der Waals surface area (Å²) < 4.78 is 5.68. The van der Waals surface area contributed by atoms with Crippen molar-refractivity contribution in [3.63, 3.8) is 0 Å². The van der Waals surface area contributed by atoms with Gasteiger partial charge in [0, 0.05) is 6.42 Å². The number of nitrogens with two attached hydrogens (primary N) is 1. The second kappa shape index (κ2) is 7.95. The molecular weight excluding hydrogens is 238 g/mol. The van der Waals surface area contributed by atoms with E-state index in [4.69, 9.17) is 10.5 Å². The first kappa shape index (κ1) is 15.7. The van der Waals surface area contributed by atoms with Crippen LogP contribution in [-0.2, 0) is 0 Å². The maximum atomic E-state index is 12.2. The molecule has 2 N–H and O–H groups in total. The van der Waals surface area contributed by atoms with Crippen molar-refractivity contribution in [2.45, 2.75) is 46.1 Å². The summed E-state index contributed by atoms with van der Waals surface area (Å²) in [6, 6.07) is 7.47. The second-order valence-electron chi connectivity index (χ2n) is 5.31. The maximum Gasteiger partial charge on any atom is 0.166 e. The molecule has 106 valence electrons. The molecule has 0 saturated carbocycles. The van der Waals surface area contributed by atoms with Gasteiger partial charge in [0.25, 0.3) is 0 Å². The Morgan fingerprint density at radius 1 is 1.21 bits per heavy atom. The van der Waals surface area contributed by atoms with Crippen molar-refractivity contribution in [1.82, 2.24) is 0 Å². The Morgan fingerprint density at radius 3 is 2.53 bits per heavy atom. The minimum Gasteiger partial charge on any atom is -0.490 e. The van der Waals surface area contributed by atoms with Gasteiger partial charge in [0.15, 0.2) is 5.78 Å². The average molecular weight is 263 g/mol. The van der Waals surface area contributed by atoms with E-state index in [1.54, 1.807) is 0 Å². The number of Topliss-reactive ketones (excluding diaryl/α,β-unsaturated/α-hetero) is 1. The molecule has 3 heteroatoms.